The molecule has 1 spiro atoms. The average Bonchev–Trinajstić information content (AvgIpc) is 2.89. The van der Waals surface area contributed by atoms with Crippen LogP contribution in [0, 0.1) is 28.6 Å². The number of hydrogen-bond donors (Lipinski definition) is 0. The lowest BCUT2D eigenvalue weighted by Gasteiger charge is -2.62. The van der Waals surface area contributed by atoms with E-state index in [1.165, 1.54) is 37.7 Å². The molecule has 5 aliphatic rings. The summed E-state index contributed by atoms with van der Waals surface area (Å²) in [6.45, 7) is 7.55. The van der Waals surface area contributed by atoms with Gasteiger partial charge in [-0.3, -0.25) is 9.59 Å². The zero-order valence-corrected chi connectivity index (χ0v) is 17.7. The van der Waals surface area contributed by atoms with Crippen LogP contribution >= 0.6 is 11.8 Å². The molecule has 3 nitrogen and oxygen atoms in total. The minimum atomic E-state index is 0.119. The topological polar surface area (TPSA) is 43.4 Å². The Kier molecular flexibility index (Phi) is 4.06. The molecule has 0 N–H and O–H groups in total. The normalized spacial score (nSPS) is 51.1. The molecule has 3 saturated carbocycles. The summed E-state index contributed by atoms with van der Waals surface area (Å²) >= 11 is 1.56. The second kappa shape index (κ2) is 5.95. The second-order valence-electron chi connectivity index (χ2n) is 10.3. The molecule has 0 radical (unpaired) electrons. The number of carbonyl (C=O) groups excluding carboxylic acids is 2. The largest absolute Gasteiger partial charge is 0.374 e. The first kappa shape index (κ1) is 18.4. The lowest BCUT2D eigenvalue weighted by Crippen LogP contribution is -2.61. The maximum absolute atomic E-state index is 12.1. The quantitative estimate of drug-likeness (QED) is 0.638. The van der Waals surface area contributed by atoms with Crippen molar-refractivity contribution >= 4 is 22.7 Å². The molecule has 1 heterocycles. The average molecular weight is 389 g/mol. The van der Waals surface area contributed by atoms with Gasteiger partial charge in [-0.15, -0.1) is 0 Å². The van der Waals surface area contributed by atoms with Gasteiger partial charge in [0.2, 0.25) is 0 Å². The molecule has 4 aliphatic carbocycles. The standard InChI is InChI=1S/C23H32O3S/c1-14(24)27-19-13-15-12-16(25)4-7-21(15,2)17-5-8-22(3)18(20(17)19)6-9-23(22)10-11-26-23/h12,17-20H,4-11,13H2,1-3H3/t17?,18?,19?,20?,21-,22-,23+/m0/s1. The van der Waals surface area contributed by atoms with E-state index in [0.717, 1.165) is 19.4 Å². The number of ketones is 1. The highest BCUT2D eigenvalue weighted by Crippen LogP contribution is 2.71. The van der Waals surface area contributed by atoms with Gasteiger partial charge < -0.3 is 4.74 Å². The number of thioether (sulfide) groups is 1. The lowest BCUT2D eigenvalue weighted by molar-refractivity contribution is -0.226. The van der Waals surface area contributed by atoms with Crippen molar-refractivity contribution in [2.24, 2.45) is 28.6 Å². The number of rotatable bonds is 1. The number of hydrogen-bond acceptors (Lipinski definition) is 4. The molecule has 0 aromatic heterocycles. The highest BCUT2D eigenvalue weighted by Gasteiger charge is 2.68. The molecule has 4 unspecified atom stereocenters. The highest BCUT2D eigenvalue weighted by atomic mass is 32.2. The van der Waals surface area contributed by atoms with E-state index in [1.807, 2.05) is 6.08 Å². The Bertz CT molecular complexity index is 723. The Morgan fingerprint density at radius 2 is 1.89 bits per heavy atom. The van der Waals surface area contributed by atoms with Crippen LogP contribution in [-0.4, -0.2) is 28.4 Å². The van der Waals surface area contributed by atoms with Gasteiger partial charge >= 0.3 is 0 Å². The molecule has 0 aromatic rings. The van der Waals surface area contributed by atoms with Crippen LogP contribution in [0.2, 0.25) is 0 Å². The van der Waals surface area contributed by atoms with Crippen molar-refractivity contribution in [2.75, 3.05) is 6.61 Å². The van der Waals surface area contributed by atoms with E-state index in [4.69, 9.17) is 4.74 Å². The number of fused-ring (bicyclic) bond motifs is 6. The van der Waals surface area contributed by atoms with Crippen molar-refractivity contribution in [3.63, 3.8) is 0 Å². The molecule has 1 aliphatic heterocycles. The fraction of sp³-hybridized carbons (Fsp3) is 0.826. The summed E-state index contributed by atoms with van der Waals surface area (Å²) in [5.74, 6) is 2.13. The fourth-order valence-corrected chi connectivity index (χ4v) is 9.15. The first-order valence-corrected chi connectivity index (χ1v) is 11.7. The van der Waals surface area contributed by atoms with Crippen molar-refractivity contribution in [2.45, 2.75) is 83.0 Å². The molecule has 4 fully saturated rings. The minimum absolute atomic E-state index is 0.119. The van der Waals surface area contributed by atoms with Crippen LogP contribution < -0.4 is 0 Å². The predicted molar refractivity (Wildman–Crippen MR) is 107 cm³/mol. The van der Waals surface area contributed by atoms with Gasteiger partial charge in [0.05, 0.1) is 12.2 Å². The summed E-state index contributed by atoms with van der Waals surface area (Å²) in [6, 6.07) is 0. The summed E-state index contributed by atoms with van der Waals surface area (Å²) in [7, 11) is 0. The van der Waals surface area contributed by atoms with Gasteiger partial charge in [0.25, 0.3) is 0 Å². The van der Waals surface area contributed by atoms with Crippen molar-refractivity contribution < 1.29 is 14.3 Å². The zero-order valence-electron chi connectivity index (χ0n) is 16.9. The molecule has 0 bridgehead atoms. The van der Waals surface area contributed by atoms with Crippen molar-refractivity contribution in [3.05, 3.63) is 11.6 Å². The SMILES string of the molecule is CC(=O)SC1CC2=CC(=O)CC[C@]2(C)C2CC[C@@]3(C)C(CC[C@@]34CCO4)C12. The van der Waals surface area contributed by atoms with E-state index in [0.29, 0.717) is 29.4 Å². The molecule has 0 aromatic carbocycles. The van der Waals surface area contributed by atoms with Crippen LogP contribution in [0.5, 0.6) is 0 Å². The molecular weight excluding hydrogens is 356 g/mol. The van der Waals surface area contributed by atoms with Crippen molar-refractivity contribution in [3.8, 4) is 0 Å². The third-order valence-corrected chi connectivity index (χ3v) is 10.6. The maximum Gasteiger partial charge on any atom is 0.186 e. The predicted octanol–water partition coefficient (Wildman–Crippen LogP) is 4.94. The monoisotopic (exact) mass is 388 g/mol. The van der Waals surface area contributed by atoms with Gasteiger partial charge in [-0.2, -0.15) is 0 Å². The first-order valence-electron chi connectivity index (χ1n) is 10.8. The Balaban J connectivity index is 1.56. The molecule has 4 heteroatoms. The van der Waals surface area contributed by atoms with Crippen LogP contribution in [0.3, 0.4) is 0 Å². The molecule has 5 rings (SSSR count). The molecular formula is C23H32O3S. The lowest BCUT2D eigenvalue weighted by atomic mass is 9.46. The third-order valence-electron chi connectivity index (χ3n) is 9.45. The molecule has 7 atom stereocenters. The maximum atomic E-state index is 12.1. The van der Waals surface area contributed by atoms with Crippen molar-refractivity contribution in [1.29, 1.82) is 0 Å². The van der Waals surface area contributed by atoms with E-state index >= 15 is 0 Å². The Labute approximate surface area is 167 Å². The number of ether oxygens (including phenoxy) is 1. The smallest absolute Gasteiger partial charge is 0.186 e. The van der Waals surface area contributed by atoms with Gasteiger partial charge in [-0.1, -0.05) is 31.2 Å². The number of carbonyl (C=O) groups is 2. The van der Waals surface area contributed by atoms with Gasteiger partial charge in [0.15, 0.2) is 10.9 Å². The highest BCUT2D eigenvalue weighted by molar-refractivity contribution is 8.14. The van der Waals surface area contributed by atoms with Gasteiger partial charge in [-0.25, -0.2) is 0 Å². The van der Waals surface area contributed by atoms with E-state index in [9.17, 15) is 9.59 Å². The van der Waals surface area contributed by atoms with Crippen LogP contribution in [-0.2, 0) is 14.3 Å². The van der Waals surface area contributed by atoms with Crippen LogP contribution in [0.25, 0.3) is 0 Å². The van der Waals surface area contributed by atoms with Gasteiger partial charge in [-0.05, 0) is 73.2 Å². The van der Waals surface area contributed by atoms with Gasteiger partial charge in [0.1, 0.15) is 0 Å². The second-order valence-corrected chi connectivity index (χ2v) is 11.7. The van der Waals surface area contributed by atoms with Gasteiger partial charge in [0, 0.05) is 25.0 Å². The van der Waals surface area contributed by atoms with E-state index in [1.54, 1.807) is 18.7 Å². The molecule has 0 amide bonds. The minimum Gasteiger partial charge on any atom is -0.374 e. The summed E-state index contributed by atoms with van der Waals surface area (Å²) in [4.78, 5) is 24.3. The van der Waals surface area contributed by atoms with Crippen LogP contribution in [0.1, 0.15) is 72.1 Å². The first-order chi connectivity index (χ1) is 12.8. The summed E-state index contributed by atoms with van der Waals surface area (Å²) in [6.07, 6.45) is 10.7. The molecule has 1 saturated heterocycles. The Morgan fingerprint density at radius 1 is 1.15 bits per heavy atom. The van der Waals surface area contributed by atoms with Crippen molar-refractivity contribution in [1.82, 2.24) is 0 Å². The van der Waals surface area contributed by atoms with Crippen LogP contribution in [0.4, 0.5) is 0 Å². The van der Waals surface area contributed by atoms with E-state index in [-0.39, 0.29) is 27.3 Å². The van der Waals surface area contributed by atoms with E-state index in [2.05, 4.69) is 13.8 Å². The molecule has 27 heavy (non-hydrogen) atoms. The summed E-state index contributed by atoms with van der Waals surface area (Å²) < 4.78 is 6.26. The summed E-state index contributed by atoms with van der Waals surface area (Å²) in [5.41, 5.74) is 1.89. The molecule has 148 valence electrons. The number of allylic oxidation sites excluding steroid dienone is 1. The third kappa shape index (κ3) is 2.38. The fourth-order valence-electron chi connectivity index (χ4n) is 7.92. The van der Waals surface area contributed by atoms with E-state index < -0.39 is 0 Å². The Morgan fingerprint density at radius 3 is 2.56 bits per heavy atom. The Hall–Kier alpha value is -0.610. The summed E-state index contributed by atoms with van der Waals surface area (Å²) in [5, 5.41) is 0.558. The zero-order chi connectivity index (χ0) is 19.0. The van der Waals surface area contributed by atoms with Crippen LogP contribution in [0.15, 0.2) is 11.6 Å².